The second kappa shape index (κ2) is 6.00. The lowest BCUT2D eigenvalue weighted by Crippen LogP contribution is -2.08. The number of thioether (sulfide) groups is 1. The minimum atomic E-state index is -0.847. The maximum absolute atomic E-state index is 10.5. The molecule has 2 rings (SSSR count). The van der Waals surface area contributed by atoms with Gasteiger partial charge >= 0.3 is 5.97 Å². The number of aromatic nitrogens is 4. The summed E-state index contributed by atoms with van der Waals surface area (Å²) in [6.45, 7) is 0.791. The number of aryl methyl sites for hydroxylation is 1. The van der Waals surface area contributed by atoms with Crippen LogP contribution in [0.3, 0.4) is 0 Å². The van der Waals surface area contributed by atoms with Crippen molar-refractivity contribution < 1.29 is 9.90 Å². The van der Waals surface area contributed by atoms with Crippen molar-refractivity contribution in [3.8, 4) is 0 Å². The molecule has 1 aromatic heterocycles. The molecule has 1 saturated carbocycles. The number of hydrogen-bond acceptors (Lipinski definition) is 5. The first kappa shape index (κ1) is 12.3. The molecule has 0 aromatic carbocycles. The summed E-state index contributed by atoms with van der Waals surface area (Å²) in [6.07, 6.45) is 6.37. The lowest BCUT2D eigenvalue weighted by atomic mass is 10.0. The van der Waals surface area contributed by atoms with Crippen LogP contribution in [0.25, 0.3) is 0 Å². The van der Waals surface area contributed by atoms with Crippen LogP contribution in [0, 0.1) is 5.92 Å². The number of carbonyl (C=O) groups is 1. The summed E-state index contributed by atoms with van der Waals surface area (Å²) in [4.78, 5) is 10.5. The maximum atomic E-state index is 10.5. The smallest absolute Gasteiger partial charge is 0.313 e. The molecule has 1 heterocycles. The Morgan fingerprint density at radius 1 is 1.47 bits per heavy atom. The Morgan fingerprint density at radius 3 is 2.94 bits per heavy atom. The molecule has 1 N–H and O–H groups in total. The summed E-state index contributed by atoms with van der Waals surface area (Å²) in [5.74, 6) is -0.0547. The lowest BCUT2D eigenvalue weighted by molar-refractivity contribution is -0.133. The predicted octanol–water partition coefficient (Wildman–Crippen LogP) is 1.43. The maximum Gasteiger partial charge on any atom is 0.313 e. The number of nitrogens with zero attached hydrogens (tertiary/aromatic N) is 4. The van der Waals surface area contributed by atoms with Gasteiger partial charge in [0.1, 0.15) is 0 Å². The van der Waals surface area contributed by atoms with Crippen molar-refractivity contribution in [1.29, 1.82) is 0 Å². The van der Waals surface area contributed by atoms with Crippen molar-refractivity contribution in [3.63, 3.8) is 0 Å². The van der Waals surface area contributed by atoms with E-state index in [4.69, 9.17) is 5.11 Å². The van der Waals surface area contributed by atoms with E-state index in [-0.39, 0.29) is 5.75 Å². The van der Waals surface area contributed by atoms with Gasteiger partial charge in [-0.3, -0.25) is 4.79 Å². The zero-order chi connectivity index (χ0) is 12.1. The van der Waals surface area contributed by atoms with Crippen LogP contribution in [0.15, 0.2) is 5.16 Å². The second-order valence-electron chi connectivity index (χ2n) is 4.31. The highest BCUT2D eigenvalue weighted by atomic mass is 32.2. The minimum Gasteiger partial charge on any atom is -0.481 e. The molecule has 7 heteroatoms. The van der Waals surface area contributed by atoms with Gasteiger partial charge in [0.15, 0.2) is 0 Å². The van der Waals surface area contributed by atoms with E-state index < -0.39 is 5.97 Å². The Balaban J connectivity index is 1.82. The topological polar surface area (TPSA) is 80.9 Å². The second-order valence-corrected chi connectivity index (χ2v) is 5.25. The largest absolute Gasteiger partial charge is 0.481 e. The first-order valence-corrected chi connectivity index (χ1v) is 6.85. The van der Waals surface area contributed by atoms with Crippen molar-refractivity contribution in [1.82, 2.24) is 20.2 Å². The van der Waals surface area contributed by atoms with Gasteiger partial charge < -0.3 is 5.11 Å². The Kier molecular flexibility index (Phi) is 4.36. The minimum absolute atomic E-state index is 0.00377. The van der Waals surface area contributed by atoms with Crippen molar-refractivity contribution in [2.45, 2.75) is 43.8 Å². The van der Waals surface area contributed by atoms with Gasteiger partial charge in [-0.25, -0.2) is 4.68 Å². The number of hydrogen-bond donors (Lipinski definition) is 1. The molecule has 17 heavy (non-hydrogen) atoms. The summed E-state index contributed by atoms with van der Waals surface area (Å²) in [5, 5.41) is 20.5. The first-order valence-electron chi connectivity index (χ1n) is 5.86. The molecule has 6 nitrogen and oxygen atoms in total. The van der Waals surface area contributed by atoms with Crippen molar-refractivity contribution >= 4 is 17.7 Å². The van der Waals surface area contributed by atoms with E-state index in [0.29, 0.717) is 5.16 Å². The number of carboxylic acids is 1. The predicted molar refractivity (Wildman–Crippen MR) is 62.8 cm³/mol. The molecule has 0 radical (unpaired) electrons. The van der Waals surface area contributed by atoms with Gasteiger partial charge in [-0.2, -0.15) is 0 Å². The fourth-order valence-corrected chi connectivity index (χ4v) is 2.79. The van der Waals surface area contributed by atoms with E-state index in [1.165, 1.54) is 37.4 Å². The Labute approximate surface area is 104 Å². The Bertz CT molecular complexity index is 376. The van der Waals surface area contributed by atoms with Gasteiger partial charge in [-0.1, -0.05) is 37.4 Å². The van der Waals surface area contributed by atoms with Crippen LogP contribution in [0.1, 0.15) is 32.1 Å². The molecule has 0 unspecified atom stereocenters. The molecular formula is C10H16N4O2S. The SMILES string of the molecule is O=C(O)CSc1nnnn1CCC1CCCC1. The number of rotatable bonds is 6. The average molecular weight is 256 g/mol. The van der Waals surface area contributed by atoms with E-state index >= 15 is 0 Å². The van der Waals surface area contributed by atoms with E-state index in [2.05, 4.69) is 15.5 Å². The molecule has 1 aromatic rings. The molecule has 0 aliphatic heterocycles. The fourth-order valence-electron chi connectivity index (χ4n) is 2.17. The summed E-state index contributed by atoms with van der Waals surface area (Å²) in [5.41, 5.74) is 0. The van der Waals surface area contributed by atoms with Crippen LogP contribution in [-0.2, 0) is 11.3 Å². The van der Waals surface area contributed by atoms with Gasteiger partial charge in [0.25, 0.3) is 0 Å². The number of carboxylic acid groups (broad SMARTS) is 1. The fraction of sp³-hybridized carbons (Fsp3) is 0.800. The van der Waals surface area contributed by atoms with E-state index in [9.17, 15) is 4.79 Å². The van der Waals surface area contributed by atoms with Crippen molar-refractivity contribution in [3.05, 3.63) is 0 Å². The van der Waals surface area contributed by atoms with E-state index in [0.717, 1.165) is 18.9 Å². The molecular weight excluding hydrogens is 240 g/mol. The lowest BCUT2D eigenvalue weighted by Gasteiger charge is -2.08. The summed E-state index contributed by atoms with van der Waals surface area (Å²) >= 11 is 1.17. The van der Waals surface area contributed by atoms with Gasteiger partial charge in [0.2, 0.25) is 5.16 Å². The van der Waals surface area contributed by atoms with Crippen LogP contribution >= 0.6 is 11.8 Å². The molecule has 1 aliphatic carbocycles. The van der Waals surface area contributed by atoms with Crippen LogP contribution in [-0.4, -0.2) is 37.0 Å². The third-order valence-corrected chi connectivity index (χ3v) is 3.99. The molecule has 0 atom stereocenters. The van der Waals surface area contributed by atoms with Gasteiger partial charge in [0.05, 0.1) is 5.75 Å². The zero-order valence-electron chi connectivity index (χ0n) is 9.58. The first-order chi connectivity index (χ1) is 8.25. The average Bonchev–Trinajstić information content (AvgIpc) is 2.95. The monoisotopic (exact) mass is 256 g/mol. The Hall–Kier alpha value is -1.11. The van der Waals surface area contributed by atoms with Crippen molar-refractivity contribution in [2.24, 2.45) is 5.92 Å². The van der Waals surface area contributed by atoms with Gasteiger partial charge in [-0.05, 0) is 22.8 Å². The highest BCUT2D eigenvalue weighted by Crippen LogP contribution is 2.28. The van der Waals surface area contributed by atoms with Crippen LogP contribution in [0.2, 0.25) is 0 Å². The highest BCUT2D eigenvalue weighted by molar-refractivity contribution is 7.99. The number of tetrazole rings is 1. The van der Waals surface area contributed by atoms with Crippen LogP contribution in [0.4, 0.5) is 0 Å². The molecule has 0 saturated heterocycles. The third kappa shape index (κ3) is 3.69. The quantitative estimate of drug-likeness (QED) is 0.775. The number of aliphatic carboxylic acids is 1. The van der Waals surface area contributed by atoms with Crippen molar-refractivity contribution in [2.75, 3.05) is 5.75 Å². The highest BCUT2D eigenvalue weighted by Gasteiger charge is 2.16. The zero-order valence-corrected chi connectivity index (χ0v) is 10.4. The molecule has 94 valence electrons. The standard InChI is InChI=1S/C10H16N4O2S/c15-9(16)7-17-10-11-12-13-14(10)6-5-8-3-1-2-4-8/h8H,1-7H2,(H,15,16). The molecule has 0 spiro atoms. The molecule has 0 bridgehead atoms. The van der Waals surface area contributed by atoms with Gasteiger partial charge in [0, 0.05) is 6.54 Å². The summed E-state index contributed by atoms with van der Waals surface area (Å²) < 4.78 is 1.71. The molecule has 0 amide bonds. The van der Waals surface area contributed by atoms with Crippen LogP contribution in [0.5, 0.6) is 0 Å². The summed E-state index contributed by atoms with van der Waals surface area (Å²) in [6, 6.07) is 0. The van der Waals surface area contributed by atoms with Crippen LogP contribution < -0.4 is 0 Å². The van der Waals surface area contributed by atoms with E-state index in [1.54, 1.807) is 4.68 Å². The molecule has 1 fully saturated rings. The molecule has 1 aliphatic rings. The third-order valence-electron chi connectivity index (χ3n) is 3.05. The Morgan fingerprint density at radius 2 is 2.24 bits per heavy atom. The van der Waals surface area contributed by atoms with Gasteiger partial charge in [-0.15, -0.1) is 5.10 Å². The summed E-state index contributed by atoms with van der Waals surface area (Å²) in [7, 11) is 0. The normalized spacial score (nSPS) is 16.5. The van der Waals surface area contributed by atoms with E-state index in [1.807, 2.05) is 0 Å².